The van der Waals surface area contributed by atoms with Gasteiger partial charge in [0.2, 0.25) is 5.91 Å². The van der Waals surface area contributed by atoms with Gasteiger partial charge in [-0.3, -0.25) is 4.79 Å². The third-order valence-corrected chi connectivity index (χ3v) is 5.48. The number of anilines is 1. The Morgan fingerprint density at radius 1 is 1.16 bits per heavy atom. The molecule has 0 bridgehead atoms. The molecule has 134 valence electrons. The highest BCUT2D eigenvalue weighted by atomic mass is 32.2. The first-order chi connectivity index (χ1) is 11.9. The maximum atomic E-state index is 12.1. The van der Waals surface area contributed by atoms with Crippen LogP contribution in [0.4, 0.5) is 5.69 Å². The Kier molecular flexibility index (Phi) is 6.17. The van der Waals surface area contributed by atoms with Crippen molar-refractivity contribution in [3.05, 3.63) is 48.5 Å². The largest absolute Gasteiger partial charge is 0.456 e. The van der Waals surface area contributed by atoms with E-state index in [1.165, 1.54) is 6.07 Å². The van der Waals surface area contributed by atoms with E-state index in [9.17, 15) is 13.2 Å². The fourth-order valence-electron chi connectivity index (χ4n) is 2.05. The number of para-hydroxylation sites is 1. The van der Waals surface area contributed by atoms with Gasteiger partial charge < -0.3 is 15.8 Å². The van der Waals surface area contributed by atoms with Crippen LogP contribution < -0.4 is 15.8 Å². The number of hydrogen-bond donors (Lipinski definition) is 2. The van der Waals surface area contributed by atoms with Crippen LogP contribution in [-0.4, -0.2) is 26.6 Å². The van der Waals surface area contributed by atoms with Gasteiger partial charge in [-0.25, -0.2) is 8.42 Å². The second kappa shape index (κ2) is 8.13. The number of ether oxygens (including phenoxy) is 1. The van der Waals surface area contributed by atoms with Gasteiger partial charge in [0.15, 0.2) is 9.84 Å². The molecule has 0 fully saturated rings. The lowest BCUT2D eigenvalue weighted by Crippen LogP contribution is -2.26. The summed E-state index contributed by atoms with van der Waals surface area (Å²) in [5.41, 5.74) is 6.09. The number of nitrogens with two attached hydrogens (primary N) is 1. The Hall–Kier alpha value is -2.38. The number of carbonyl (C=O) groups excluding carboxylic acids is 1. The Bertz CT molecular complexity index is 832. The summed E-state index contributed by atoms with van der Waals surface area (Å²) in [6.07, 6.45) is 0. The van der Waals surface area contributed by atoms with Gasteiger partial charge in [-0.05, 0) is 36.4 Å². The number of sulfone groups is 1. The number of benzene rings is 2. The molecule has 0 saturated carbocycles. The van der Waals surface area contributed by atoms with Crippen molar-refractivity contribution in [2.75, 3.05) is 17.6 Å². The second-order valence-electron chi connectivity index (χ2n) is 5.60. The monoisotopic (exact) mass is 362 g/mol. The highest BCUT2D eigenvalue weighted by Crippen LogP contribution is 2.30. The van der Waals surface area contributed by atoms with Crippen LogP contribution in [0.3, 0.4) is 0 Å². The fraction of sp³-hybridized carbons (Fsp3) is 0.278. The molecule has 7 heteroatoms. The molecular formula is C18H22N2O4S. The Labute approximate surface area is 147 Å². The minimum absolute atomic E-state index is 0.00231. The minimum Gasteiger partial charge on any atom is -0.456 e. The molecule has 1 unspecified atom stereocenters. The summed E-state index contributed by atoms with van der Waals surface area (Å²) in [5.74, 6) is 0.316. The summed E-state index contributed by atoms with van der Waals surface area (Å²) in [6, 6.07) is 13.2. The summed E-state index contributed by atoms with van der Waals surface area (Å²) < 4.78 is 30.0. The summed E-state index contributed by atoms with van der Waals surface area (Å²) in [7, 11) is -3.38. The average Bonchev–Trinajstić information content (AvgIpc) is 2.63. The third-order valence-electron chi connectivity index (χ3n) is 3.72. The van der Waals surface area contributed by atoms with E-state index in [2.05, 4.69) is 5.32 Å². The van der Waals surface area contributed by atoms with Gasteiger partial charge in [-0.2, -0.15) is 0 Å². The van der Waals surface area contributed by atoms with Crippen LogP contribution in [0.5, 0.6) is 11.5 Å². The average molecular weight is 362 g/mol. The van der Waals surface area contributed by atoms with E-state index in [1.807, 2.05) is 0 Å². The zero-order chi connectivity index (χ0) is 18.4. The molecule has 0 aromatic heterocycles. The lowest BCUT2D eigenvalue weighted by molar-refractivity contribution is -0.119. The first-order valence-electron chi connectivity index (χ1n) is 7.98. The molecular weight excluding hydrogens is 340 g/mol. The van der Waals surface area contributed by atoms with Crippen molar-refractivity contribution in [3.8, 4) is 11.5 Å². The lowest BCUT2D eigenvalue weighted by Gasteiger charge is -2.12. The number of nitrogens with one attached hydrogen (secondary N) is 1. The molecule has 0 saturated heterocycles. The summed E-state index contributed by atoms with van der Waals surface area (Å²) in [6.45, 7) is 3.61. The van der Waals surface area contributed by atoms with Crippen molar-refractivity contribution in [1.82, 2.24) is 0 Å². The molecule has 0 aliphatic carbocycles. The molecule has 0 aliphatic heterocycles. The second-order valence-corrected chi connectivity index (χ2v) is 7.85. The predicted octanol–water partition coefficient (Wildman–Crippen LogP) is 2.81. The van der Waals surface area contributed by atoms with Crippen LogP contribution in [0.25, 0.3) is 0 Å². The van der Waals surface area contributed by atoms with Gasteiger partial charge in [0.1, 0.15) is 16.4 Å². The van der Waals surface area contributed by atoms with Crippen molar-refractivity contribution in [3.63, 3.8) is 0 Å². The molecule has 2 aromatic carbocycles. The topological polar surface area (TPSA) is 98.5 Å². The molecule has 0 heterocycles. The number of rotatable bonds is 7. The first-order valence-corrected chi connectivity index (χ1v) is 9.63. The Morgan fingerprint density at radius 2 is 1.80 bits per heavy atom. The van der Waals surface area contributed by atoms with Crippen LogP contribution >= 0.6 is 0 Å². The van der Waals surface area contributed by atoms with Crippen molar-refractivity contribution in [2.24, 2.45) is 11.7 Å². The SMILES string of the molecule is CCS(=O)(=O)c1ccccc1Oc1ccc(NC(=O)C(C)CN)cc1. The molecule has 1 amide bonds. The summed E-state index contributed by atoms with van der Waals surface area (Å²) in [4.78, 5) is 12.0. The van der Waals surface area contributed by atoms with Crippen LogP contribution in [0.2, 0.25) is 0 Å². The number of carbonyl (C=O) groups is 1. The minimum atomic E-state index is -3.38. The normalized spacial score (nSPS) is 12.4. The molecule has 0 spiro atoms. The molecule has 6 nitrogen and oxygen atoms in total. The Balaban J connectivity index is 2.16. The standard InChI is InChI=1S/C18H22N2O4S/c1-3-25(22,23)17-7-5-4-6-16(17)24-15-10-8-14(9-11-15)20-18(21)13(2)12-19/h4-11,13H,3,12,19H2,1-2H3,(H,20,21). The highest BCUT2D eigenvalue weighted by molar-refractivity contribution is 7.91. The predicted molar refractivity (Wildman–Crippen MR) is 97.5 cm³/mol. The van der Waals surface area contributed by atoms with E-state index in [1.54, 1.807) is 56.3 Å². The Morgan fingerprint density at radius 3 is 2.40 bits per heavy atom. The summed E-state index contributed by atoms with van der Waals surface area (Å²) in [5, 5.41) is 2.76. The molecule has 2 aromatic rings. The van der Waals surface area contributed by atoms with E-state index in [0.29, 0.717) is 11.4 Å². The maximum Gasteiger partial charge on any atom is 0.228 e. The number of hydrogen-bond acceptors (Lipinski definition) is 5. The van der Waals surface area contributed by atoms with E-state index in [4.69, 9.17) is 10.5 Å². The zero-order valence-electron chi connectivity index (χ0n) is 14.2. The van der Waals surface area contributed by atoms with E-state index in [-0.39, 0.29) is 34.8 Å². The fourth-order valence-corrected chi connectivity index (χ4v) is 3.07. The highest BCUT2D eigenvalue weighted by Gasteiger charge is 2.17. The van der Waals surface area contributed by atoms with Gasteiger partial charge in [0.25, 0.3) is 0 Å². The molecule has 1 atom stereocenters. The van der Waals surface area contributed by atoms with Crippen molar-refractivity contribution < 1.29 is 17.9 Å². The van der Waals surface area contributed by atoms with Gasteiger partial charge in [0.05, 0.1) is 5.75 Å². The maximum absolute atomic E-state index is 12.1. The van der Waals surface area contributed by atoms with Crippen molar-refractivity contribution in [1.29, 1.82) is 0 Å². The lowest BCUT2D eigenvalue weighted by atomic mass is 10.1. The van der Waals surface area contributed by atoms with Gasteiger partial charge in [0, 0.05) is 18.2 Å². The van der Waals surface area contributed by atoms with E-state index >= 15 is 0 Å². The summed E-state index contributed by atoms with van der Waals surface area (Å²) >= 11 is 0. The van der Waals surface area contributed by atoms with E-state index < -0.39 is 9.84 Å². The molecule has 0 aliphatic rings. The molecule has 0 radical (unpaired) electrons. The smallest absolute Gasteiger partial charge is 0.228 e. The third kappa shape index (κ3) is 4.80. The first kappa shape index (κ1) is 19.0. The van der Waals surface area contributed by atoms with Gasteiger partial charge in [-0.1, -0.05) is 26.0 Å². The zero-order valence-corrected chi connectivity index (χ0v) is 15.0. The van der Waals surface area contributed by atoms with Crippen LogP contribution in [-0.2, 0) is 14.6 Å². The van der Waals surface area contributed by atoms with E-state index in [0.717, 1.165) is 0 Å². The van der Waals surface area contributed by atoms with Crippen molar-refractivity contribution >= 4 is 21.4 Å². The van der Waals surface area contributed by atoms with Crippen LogP contribution in [0.1, 0.15) is 13.8 Å². The molecule has 3 N–H and O–H groups in total. The van der Waals surface area contributed by atoms with Crippen LogP contribution in [0.15, 0.2) is 53.4 Å². The van der Waals surface area contributed by atoms with Crippen molar-refractivity contribution in [2.45, 2.75) is 18.7 Å². The number of amides is 1. The van der Waals surface area contributed by atoms with Crippen LogP contribution in [0, 0.1) is 5.92 Å². The molecule has 25 heavy (non-hydrogen) atoms. The van der Waals surface area contributed by atoms with Gasteiger partial charge in [-0.15, -0.1) is 0 Å². The molecule has 2 rings (SSSR count). The van der Waals surface area contributed by atoms with Gasteiger partial charge >= 0.3 is 0 Å². The quantitative estimate of drug-likeness (QED) is 0.789.